The summed E-state index contributed by atoms with van der Waals surface area (Å²) in [5.41, 5.74) is 0. The molecule has 0 spiro atoms. The van der Waals surface area contributed by atoms with Gasteiger partial charge in [0.2, 0.25) is 0 Å². The van der Waals surface area contributed by atoms with Gasteiger partial charge in [0, 0.05) is 0 Å². The first-order valence-electron chi connectivity index (χ1n) is 11.6. The van der Waals surface area contributed by atoms with Gasteiger partial charge in [-0.25, -0.2) is 0 Å². The van der Waals surface area contributed by atoms with Crippen LogP contribution in [0, 0.1) is 0 Å². The summed E-state index contributed by atoms with van der Waals surface area (Å²) in [6.07, 6.45) is 7.72. The van der Waals surface area contributed by atoms with Crippen molar-refractivity contribution in [2.75, 3.05) is 0 Å². The van der Waals surface area contributed by atoms with Crippen molar-refractivity contribution in [1.82, 2.24) is 0 Å². The molecule has 4 unspecified atom stereocenters. The molecule has 4 aliphatic rings. The molecule has 0 aromatic rings. The Morgan fingerprint density at radius 3 is 1.23 bits per heavy atom. The molecule has 4 nitrogen and oxygen atoms in total. The molecule has 0 amide bonds. The Hall–Kier alpha value is -1.22. The molecule has 0 fully saturated rings. The number of allylic oxidation sites excluding steroid dienone is 12. The van der Waals surface area contributed by atoms with Gasteiger partial charge in [-0.3, -0.25) is 0 Å². The minimum atomic E-state index is -6.20. The van der Waals surface area contributed by atoms with Crippen LogP contribution in [0.5, 0.6) is 0 Å². The predicted octanol–water partition coefficient (Wildman–Crippen LogP) is 1.78. The molecule has 0 saturated heterocycles. The average Bonchev–Trinajstić information content (AvgIpc) is 3.65. The number of alkyl halides is 4. The summed E-state index contributed by atoms with van der Waals surface area (Å²) in [5, 5.41) is 0. The van der Waals surface area contributed by atoms with E-state index in [2.05, 4.69) is 0 Å². The fourth-order valence-electron chi connectivity index (χ4n) is 5.60. The molecule has 0 heterocycles. The van der Waals surface area contributed by atoms with Gasteiger partial charge in [-0.2, -0.15) is 0 Å². The first-order valence-corrected chi connectivity index (χ1v) is 17.9. The Morgan fingerprint density at radius 2 is 0.974 bits per heavy atom. The minimum absolute atomic E-state index is 0.0717. The molecule has 0 radical (unpaired) electrons. The molecule has 0 bridgehead atoms. The van der Waals surface area contributed by atoms with E-state index < -0.39 is 113 Å². The molecule has 39 heavy (non-hydrogen) atoms. The molecule has 212 valence electrons. The van der Waals surface area contributed by atoms with E-state index in [4.69, 9.17) is 17.7 Å². The van der Waals surface area contributed by atoms with Crippen molar-refractivity contribution in [3.8, 4) is 0 Å². The van der Waals surface area contributed by atoms with Crippen LogP contribution in [0.25, 0.3) is 0 Å². The third-order valence-corrected chi connectivity index (χ3v) is 17.9. The van der Waals surface area contributed by atoms with Crippen LogP contribution in [0.2, 0.25) is 0 Å². The van der Waals surface area contributed by atoms with Crippen molar-refractivity contribution in [3.05, 3.63) is 87.4 Å². The van der Waals surface area contributed by atoms with E-state index in [0.717, 1.165) is 0 Å². The average molecular weight is 665 g/mol. The topological polar surface area (TPSA) is 36.9 Å². The van der Waals surface area contributed by atoms with Crippen molar-refractivity contribution in [1.29, 1.82) is 0 Å². The predicted molar refractivity (Wildman–Crippen MR) is 138 cm³/mol. The van der Waals surface area contributed by atoms with Crippen molar-refractivity contribution in [2.45, 2.75) is 36.3 Å². The van der Waals surface area contributed by atoms with Crippen LogP contribution in [0.15, 0.2) is 87.4 Å². The van der Waals surface area contributed by atoms with Gasteiger partial charge < -0.3 is 0 Å². The molecule has 0 saturated carbocycles. The third-order valence-electron chi connectivity index (χ3n) is 7.42. The Bertz CT molecular complexity index is 1250. The Morgan fingerprint density at radius 1 is 0.615 bits per heavy atom. The summed E-state index contributed by atoms with van der Waals surface area (Å²) in [5.74, 6) is -23.2. The van der Waals surface area contributed by atoms with Crippen LogP contribution in [0.1, 0.15) is 12.8 Å². The zero-order chi connectivity index (χ0) is 29.0. The fourth-order valence-corrected chi connectivity index (χ4v) is 17.2. The van der Waals surface area contributed by atoms with Crippen LogP contribution in [-0.4, -0.2) is 65.4 Å². The second-order valence-electron chi connectivity index (χ2n) is 9.06. The first-order chi connectivity index (χ1) is 18.3. The SMILES string of the molecule is FC1=CC(F)(O[SiH3])C(F)(O[SiH3])[C]([Ti]([C]2=CC=CC2)([C]2=CC=CC2)[C]2=C(F)C(F)=CC(F)(O[SiH3])C2(F)O[SiH3])=C1F. The summed E-state index contributed by atoms with van der Waals surface area (Å²) < 4.78 is 146. The van der Waals surface area contributed by atoms with Crippen LogP contribution >= 0.6 is 0 Å². The molecule has 0 aromatic heterocycles. The molecule has 0 aromatic carbocycles. The van der Waals surface area contributed by atoms with Gasteiger partial charge in [0.25, 0.3) is 0 Å². The molecule has 4 atom stereocenters. The standard InChI is InChI=1S/2C6H7F4O2Si2.2C5H5.Ti/c2*7-3-1-5(9,11-13)6(10,12-14)2-4(3)8;2*1-2-4-5-3-1;/h2*1H,13-14H3;2*1-3H,4H2;. The van der Waals surface area contributed by atoms with E-state index >= 15 is 35.1 Å². The number of hydrogen-bond donors (Lipinski definition) is 0. The maximum absolute atomic E-state index is 17.1. The van der Waals surface area contributed by atoms with E-state index in [1.54, 1.807) is 0 Å². The number of halogens is 8. The summed E-state index contributed by atoms with van der Waals surface area (Å²) in [6, 6.07) is 0. The summed E-state index contributed by atoms with van der Waals surface area (Å²) in [7, 11) is -2.35. The van der Waals surface area contributed by atoms with Crippen LogP contribution in [-0.2, 0) is 34.3 Å². The van der Waals surface area contributed by atoms with Crippen molar-refractivity contribution in [3.63, 3.8) is 0 Å². The van der Waals surface area contributed by atoms with E-state index in [-0.39, 0.29) is 32.7 Å². The third kappa shape index (κ3) is 4.05. The van der Waals surface area contributed by atoms with Gasteiger partial charge in [0.15, 0.2) is 0 Å². The Balaban J connectivity index is 2.30. The Kier molecular flexibility index (Phi) is 8.32. The fraction of sp³-hybridized carbons (Fsp3) is 0.273. The summed E-state index contributed by atoms with van der Waals surface area (Å²) in [4.78, 5) is 0. The molecule has 0 aliphatic heterocycles. The maximum atomic E-state index is 17.1. The molecule has 0 N–H and O–H groups in total. The van der Waals surface area contributed by atoms with Crippen LogP contribution in [0.4, 0.5) is 35.1 Å². The van der Waals surface area contributed by atoms with Gasteiger partial charge in [-0.05, 0) is 0 Å². The Labute approximate surface area is 234 Å². The van der Waals surface area contributed by atoms with Crippen molar-refractivity contribution in [2.24, 2.45) is 0 Å². The van der Waals surface area contributed by atoms with Crippen LogP contribution in [0.3, 0.4) is 0 Å². The second-order valence-corrected chi connectivity index (χ2v) is 16.6. The van der Waals surface area contributed by atoms with Gasteiger partial charge in [0.05, 0.1) is 0 Å². The first kappa shape index (κ1) is 30.7. The van der Waals surface area contributed by atoms with Gasteiger partial charge in [-0.1, -0.05) is 0 Å². The van der Waals surface area contributed by atoms with E-state index in [1.807, 2.05) is 0 Å². The zero-order valence-corrected chi connectivity index (χ0v) is 30.8. The quantitative estimate of drug-likeness (QED) is 0.293. The van der Waals surface area contributed by atoms with Crippen molar-refractivity contribution < 1.29 is 69.4 Å². The molecular formula is C22H24F8O4Si4Ti. The molecule has 17 heteroatoms. The number of hydrogen-bond acceptors (Lipinski definition) is 4. The second kappa shape index (κ2) is 10.6. The summed E-state index contributed by atoms with van der Waals surface area (Å²) in [6.45, 7) is 0. The normalized spacial score (nSPS) is 35.3. The van der Waals surface area contributed by atoms with E-state index in [9.17, 15) is 0 Å². The number of rotatable bonds is 8. The van der Waals surface area contributed by atoms with E-state index in [0.29, 0.717) is 0 Å². The van der Waals surface area contributed by atoms with Gasteiger partial charge in [0.1, 0.15) is 0 Å². The monoisotopic (exact) mass is 664 g/mol. The zero-order valence-electron chi connectivity index (χ0n) is 21.2. The van der Waals surface area contributed by atoms with Gasteiger partial charge >= 0.3 is 235 Å². The van der Waals surface area contributed by atoms with Crippen LogP contribution < -0.4 is 0 Å². The molecule has 4 aliphatic carbocycles. The molecular weight excluding hydrogens is 640 g/mol. The van der Waals surface area contributed by atoms with Crippen molar-refractivity contribution >= 4 is 41.9 Å². The summed E-state index contributed by atoms with van der Waals surface area (Å²) >= 11 is -6.20. The molecule has 4 rings (SSSR count). The van der Waals surface area contributed by atoms with Gasteiger partial charge in [-0.15, -0.1) is 0 Å². The van der Waals surface area contributed by atoms with E-state index in [1.165, 1.54) is 36.5 Å².